The van der Waals surface area contributed by atoms with E-state index in [4.69, 9.17) is 39.5 Å². The molecular weight excluding hydrogens is 407 g/mol. The van der Waals surface area contributed by atoms with E-state index in [1.54, 1.807) is 6.07 Å². The van der Waals surface area contributed by atoms with E-state index in [0.29, 0.717) is 0 Å². The van der Waals surface area contributed by atoms with Crippen molar-refractivity contribution in [3.63, 3.8) is 0 Å². The molecule has 0 saturated heterocycles. The molecule has 1 N–H and O–H groups in total. The molecule has 2 aromatic rings. The van der Waals surface area contributed by atoms with E-state index in [-0.39, 0.29) is 38.4 Å². The number of nitrogens with zero attached hydrogens (tertiary/aromatic N) is 1. The molecule has 136 valence electrons. The lowest BCUT2D eigenvalue weighted by Gasteiger charge is -2.09. The molecule has 0 atom stereocenters. The van der Waals surface area contributed by atoms with Gasteiger partial charge in [0.15, 0.2) is 6.61 Å². The number of nitro benzene ring substituents is 1. The van der Waals surface area contributed by atoms with Crippen LogP contribution in [-0.4, -0.2) is 23.4 Å². The number of nitro groups is 1. The highest BCUT2D eigenvalue weighted by molar-refractivity contribution is 6.44. The van der Waals surface area contributed by atoms with Gasteiger partial charge in [0.1, 0.15) is 0 Å². The zero-order valence-corrected chi connectivity index (χ0v) is 15.3. The van der Waals surface area contributed by atoms with Gasteiger partial charge in [0.2, 0.25) is 0 Å². The number of carbonyl (C=O) groups excluding carboxylic acids is 2. The van der Waals surface area contributed by atoms with Gasteiger partial charge < -0.3 is 10.1 Å². The van der Waals surface area contributed by atoms with E-state index in [1.165, 1.54) is 30.3 Å². The van der Waals surface area contributed by atoms with E-state index in [2.05, 4.69) is 5.32 Å². The first-order chi connectivity index (χ1) is 12.3. The topological polar surface area (TPSA) is 98.5 Å². The summed E-state index contributed by atoms with van der Waals surface area (Å²) in [6, 6.07) is 8.49. The molecule has 0 spiro atoms. The number of carbonyl (C=O) groups is 2. The van der Waals surface area contributed by atoms with E-state index in [9.17, 15) is 19.7 Å². The Balaban J connectivity index is 1.93. The Labute approximate surface area is 162 Å². The van der Waals surface area contributed by atoms with Crippen molar-refractivity contribution < 1.29 is 19.2 Å². The molecule has 10 heteroatoms. The van der Waals surface area contributed by atoms with E-state index < -0.39 is 23.4 Å². The molecule has 26 heavy (non-hydrogen) atoms. The van der Waals surface area contributed by atoms with Gasteiger partial charge >= 0.3 is 5.97 Å². The Morgan fingerprint density at radius 3 is 2.42 bits per heavy atom. The molecule has 0 unspecified atom stereocenters. The van der Waals surface area contributed by atoms with Crippen molar-refractivity contribution in [2.75, 3.05) is 11.9 Å². The minimum absolute atomic E-state index is 0.166. The van der Waals surface area contributed by atoms with Crippen LogP contribution in [0.5, 0.6) is 0 Å². The van der Waals surface area contributed by atoms with Crippen LogP contribution in [0.1, 0.15) is 5.56 Å². The number of benzene rings is 2. The van der Waals surface area contributed by atoms with Crippen molar-refractivity contribution in [2.24, 2.45) is 0 Å². The van der Waals surface area contributed by atoms with Crippen molar-refractivity contribution in [2.45, 2.75) is 6.42 Å². The minimum Gasteiger partial charge on any atom is -0.455 e. The Hall–Kier alpha value is -2.35. The fourth-order valence-corrected chi connectivity index (χ4v) is 2.59. The van der Waals surface area contributed by atoms with Crippen LogP contribution >= 0.6 is 34.8 Å². The highest BCUT2D eigenvalue weighted by atomic mass is 35.5. The lowest BCUT2D eigenvalue weighted by atomic mass is 10.1. The zero-order chi connectivity index (χ0) is 19.3. The average molecular weight is 418 g/mol. The van der Waals surface area contributed by atoms with Crippen LogP contribution in [-0.2, 0) is 20.7 Å². The Morgan fingerprint density at radius 2 is 1.73 bits per heavy atom. The first-order valence-electron chi connectivity index (χ1n) is 7.10. The fraction of sp³-hybridized carbons (Fsp3) is 0.125. The largest absolute Gasteiger partial charge is 0.455 e. The highest BCUT2D eigenvalue weighted by Crippen LogP contribution is 2.32. The van der Waals surface area contributed by atoms with Crippen molar-refractivity contribution in [3.8, 4) is 0 Å². The number of rotatable bonds is 6. The first kappa shape index (κ1) is 20.0. The number of para-hydroxylation sites is 1. The maximum Gasteiger partial charge on any atom is 0.311 e. The summed E-state index contributed by atoms with van der Waals surface area (Å²) in [5.74, 6) is -1.43. The summed E-state index contributed by atoms with van der Waals surface area (Å²) in [4.78, 5) is 34.0. The molecule has 0 radical (unpaired) electrons. The number of nitrogens with one attached hydrogen (secondary N) is 1. The van der Waals surface area contributed by atoms with Crippen LogP contribution < -0.4 is 5.32 Å². The molecule has 0 bridgehead atoms. The summed E-state index contributed by atoms with van der Waals surface area (Å²) < 4.78 is 4.83. The number of hydrogen-bond acceptors (Lipinski definition) is 5. The SMILES string of the molecule is O=C(COC(=O)Cc1ccccc1[N+](=O)[O-])Nc1cc(Cl)c(Cl)cc1Cl. The predicted molar refractivity (Wildman–Crippen MR) is 97.9 cm³/mol. The van der Waals surface area contributed by atoms with Crippen molar-refractivity contribution >= 4 is 58.1 Å². The molecule has 2 rings (SSSR count). The third-order valence-corrected chi connectivity index (χ3v) is 4.21. The lowest BCUT2D eigenvalue weighted by molar-refractivity contribution is -0.385. The maximum absolute atomic E-state index is 11.9. The number of halogens is 3. The Kier molecular flexibility index (Phi) is 6.79. The minimum atomic E-state index is -0.783. The lowest BCUT2D eigenvalue weighted by Crippen LogP contribution is -2.22. The smallest absolute Gasteiger partial charge is 0.311 e. The summed E-state index contributed by atoms with van der Waals surface area (Å²) in [6.07, 6.45) is -0.335. The molecule has 0 heterocycles. The number of esters is 1. The summed E-state index contributed by atoms with van der Waals surface area (Å²) >= 11 is 17.6. The zero-order valence-electron chi connectivity index (χ0n) is 13.0. The van der Waals surface area contributed by atoms with E-state index in [1.807, 2.05) is 0 Å². The predicted octanol–water partition coefficient (Wildman–Crippen LogP) is 4.28. The standard InChI is InChI=1S/C16H11Cl3N2O5/c17-10-6-12(19)13(7-11(10)18)20-15(22)8-26-16(23)5-9-3-1-2-4-14(9)21(24)25/h1-4,6-7H,5,8H2,(H,20,22). The molecule has 0 aliphatic rings. The van der Waals surface area contributed by atoms with Gasteiger partial charge in [0.25, 0.3) is 11.6 Å². The molecule has 2 aromatic carbocycles. The van der Waals surface area contributed by atoms with Gasteiger partial charge in [-0.15, -0.1) is 0 Å². The number of amides is 1. The second-order valence-electron chi connectivity index (χ2n) is 5.02. The molecular formula is C16H11Cl3N2O5. The van der Waals surface area contributed by atoms with Gasteiger partial charge in [-0.3, -0.25) is 19.7 Å². The summed E-state index contributed by atoms with van der Waals surface area (Å²) in [7, 11) is 0. The molecule has 1 amide bonds. The van der Waals surface area contributed by atoms with Crippen molar-refractivity contribution in [3.05, 3.63) is 67.1 Å². The quantitative estimate of drug-likeness (QED) is 0.327. The molecule has 0 aliphatic heterocycles. The van der Waals surface area contributed by atoms with Crippen LogP contribution in [0.3, 0.4) is 0 Å². The maximum atomic E-state index is 11.9. The summed E-state index contributed by atoms with van der Waals surface area (Å²) in [5, 5.41) is 13.9. The van der Waals surface area contributed by atoms with Gasteiger partial charge in [-0.25, -0.2) is 0 Å². The third kappa shape index (κ3) is 5.32. The molecule has 0 aliphatic carbocycles. The number of hydrogen-bond donors (Lipinski definition) is 1. The van der Waals surface area contributed by atoms with Gasteiger partial charge in [-0.1, -0.05) is 53.0 Å². The van der Waals surface area contributed by atoms with E-state index in [0.717, 1.165) is 0 Å². The monoisotopic (exact) mass is 416 g/mol. The van der Waals surface area contributed by atoms with E-state index >= 15 is 0 Å². The van der Waals surface area contributed by atoms with Crippen LogP contribution in [0.25, 0.3) is 0 Å². The molecule has 7 nitrogen and oxygen atoms in total. The third-order valence-electron chi connectivity index (χ3n) is 3.17. The van der Waals surface area contributed by atoms with Crippen molar-refractivity contribution in [1.82, 2.24) is 0 Å². The second kappa shape index (κ2) is 8.84. The molecule has 0 aromatic heterocycles. The molecule has 0 saturated carbocycles. The number of anilines is 1. The van der Waals surface area contributed by atoms with Crippen LogP contribution in [0.2, 0.25) is 15.1 Å². The van der Waals surface area contributed by atoms with Gasteiger partial charge in [-0.2, -0.15) is 0 Å². The summed E-state index contributed by atoms with van der Waals surface area (Å²) in [5.41, 5.74) is 0.202. The molecule has 0 fully saturated rings. The highest BCUT2D eigenvalue weighted by Gasteiger charge is 2.17. The first-order valence-corrected chi connectivity index (χ1v) is 8.23. The second-order valence-corrected chi connectivity index (χ2v) is 6.24. The van der Waals surface area contributed by atoms with Gasteiger partial charge in [0.05, 0.1) is 32.1 Å². The van der Waals surface area contributed by atoms with Crippen LogP contribution in [0, 0.1) is 10.1 Å². The normalized spacial score (nSPS) is 10.3. The number of ether oxygens (including phenoxy) is 1. The van der Waals surface area contributed by atoms with Crippen LogP contribution in [0.15, 0.2) is 36.4 Å². The fourth-order valence-electron chi connectivity index (χ4n) is 2.00. The van der Waals surface area contributed by atoms with Gasteiger partial charge in [0, 0.05) is 11.6 Å². The van der Waals surface area contributed by atoms with Crippen LogP contribution in [0.4, 0.5) is 11.4 Å². The van der Waals surface area contributed by atoms with Crippen molar-refractivity contribution in [1.29, 1.82) is 0 Å². The Morgan fingerprint density at radius 1 is 1.08 bits per heavy atom. The Bertz CT molecular complexity index is 873. The van der Waals surface area contributed by atoms with Gasteiger partial charge in [-0.05, 0) is 12.1 Å². The average Bonchev–Trinajstić information content (AvgIpc) is 2.58. The summed E-state index contributed by atoms with van der Waals surface area (Å²) in [6.45, 7) is -0.587.